The van der Waals surface area contributed by atoms with Gasteiger partial charge in [-0.05, 0) is 18.9 Å². The average Bonchev–Trinajstić information content (AvgIpc) is 2.56. The van der Waals surface area contributed by atoms with Crippen LogP contribution in [-0.2, 0) is 4.74 Å². The van der Waals surface area contributed by atoms with Gasteiger partial charge in [-0.25, -0.2) is 0 Å². The van der Waals surface area contributed by atoms with E-state index >= 15 is 0 Å². The highest BCUT2D eigenvalue weighted by Crippen LogP contribution is 2.32. The minimum atomic E-state index is 0.0631. The standard InChI is InChI=1S/C9H11ClN2O/c10-7-4-6(11)5-12-9(7)8-2-1-3-13-8/h4-5,8H,1-3,11H2/t8-/m1/s1. The van der Waals surface area contributed by atoms with Crippen LogP contribution in [0.25, 0.3) is 0 Å². The number of hydrogen-bond donors (Lipinski definition) is 1. The van der Waals surface area contributed by atoms with Gasteiger partial charge in [0.15, 0.2) is 0 Å². The third kappa shape index (κ3) is 1.76. The van der Waals surface area contributed by atoms with Crippen LogP contribution in [0.2, 0.25) is 5.02 Å². The van der Waals surface area contributed by atoms with Crippen LogP contribution in [-0.4, -0.2) is 11.6 Å². The summed E-state index contributed by atoms with van der Waals surface area (Å²) in [5, 5.41) is 0.604. The van der Waals surface area contributed by atoms with Crippen molar-refractivity contribution in [2.24, 2.45) is 0 Å². The minimum absolute atomic E-state index is 0.0631. The van der Waals surface area contributed by atoms with Crippen molar-refractivity contribution in [1.82, 2.24) is 4.98 Å². The molecule has 2 heterocycles. The molecule has 1 fully saturated rings. The van der Waals surface area contributed by atoms with Gasteiger partial charge in [0.25, 0.3) is 0 Å². The first-order chi connectivity index (χ1) is 6.27. The molecule has 0 unspecified atom stereocenters. The lowest BCUT2D eigenvalue weighted by molar-refractivity contribution is 0.109. The summed E-state index contributed by atoms with van der Waals surface area (Å²) >= 11 is 5.99. The number of nitrogen functional groups attached to an aromatic ring is 1. The number of pyridine rings is 1. The van der Waals surface area contributed by atoms with Crippen molar-refractivity contribution in [3.8, 4) is 0 Å². The van der Waals surface area contributed by atoms with Crippen LogP contribution in [0.4, 0.5) is 5.69 Å². The van der Waals surface area contributed by atoms with Gasteiger partial charge >= 0.3 is 0 Å². The molecule has 1 aliphatic heterocycles. The van der Waals surface area contributed by atoms with Crippen molar-refractivity contribution in [3.63, 3.8) is 0 Å². The topological polar surface area (TPSA) is 48.1 Å². The van der Waals surface area contributed by atoms with Gasteiger partial charge in [-0.1, -0.05) is 11.6 Å². The molecular weight excluding hydrogens is 188 g/mol. The van der Waals surface area contributed by atoms with E-state index in [9.17, 15) is 0 Å². The van der Waals surface area contributed by atoms with Gasteiger partial charge in [0.1, 0.15) is 6.10 Å². The molecule has 0 radical (unpaired) electrons. The predicted molar refractivity (Wildman–Crippen MR) is 51.6 cm³/mol. The molecule has 13 heavy (non-hydrogen) atoms. The van der Waals surface area contributed by atoms with E-state index in [1.807, 2.05) is 0 Å². The molecular formula is C9H11ClN2O. The second-order valence-electron chi connectivity index (χ2n) is 3.14. The first-order valence-corrected chi connectivity index (χ1v) is 4.67. The quantitative estimate of drug-likeness (QED) is 0.753. The number of halogens is 1. The second-order valence-corrected chi connectivity index (χ2v) is 3.54. The summed E-state index contributed by atoms with van der Waals surface area (Å²) in [5.74, 6) is 0. The van der Waals surface area contributed by atoms with Gasteiger partial charge in [0.2, 0.25) is 0 Å². The summed E-state index contributed by atoms with van der Waals surface area (Å²) in [4.78, 5) is 4.18. The van der Waals surface area contributed by atoms with Crippen LogP contribution < -0.4 is 5.73 Å². The molecule has 1 atom stereocenters. The van der Waals surface area contributed by atoms with Crippen LogP contribution >= 0.6 is 11.6 Å². The van der Waals surface area contributed by atoms with Crippen molar-refractivity contribution in [2.75, 3.05) is 12.3 Å². The van der Waals surface area contributed by atoms with Gasteiger partial charge in [0.05, 0.1) is 22.6 Å². The number of rotatable bonds is 1. The number of ether oxygens (including phenoxy) is 1. The maximum atomic E-state index is 5.99. The second kappa shape index (κ2) is 3.52. The summed E-state index contributed by atoms with van der Waals surface area (Å²) in [7, 11) is 0. The van der Waals surface area contributed by atoms with E-state index in [0.29, 0.717) is 10.7 Å². The Bertz CT molecular complexity index is 310. The molecule has 1 aromatic heterocycles. The Balaban J connectivity index is 2.29. The van der Waals surface area contributed by atoms with Gasteiger partial charge in [-0.2, -0.15) is 0 Å². The zero-order valence-electron chi connectivity index (χ0n) is 7.16. The molecule has 0 bridgehead atoms. The Kier molecular flexibility index (Phi) is 2.38. The van der Waals surface area contributed by atoms with Crippen LogP contribution in [0.5, 0.6) is 0 Å². The van der Waals surface area contributed by atoms with Gasteiger partial charge in [-0.15, -0.1) is 0 Å². The summed E-state index contributed by atoms with van der Waals surface area (Å²) in [5.41, 5.74) is 6.94. The lowest BCUT2D eigenvalue weighted by atomic mass is 10.1. The Morgan fingerprint density at radius 2 is 2.46 bits per heavy atom. The van der Waals surface area contributed by atoms with Crippen LogP contribution in [0.15, 0.2) is 12.3 Å². The first kappa shape index (κ1) is 8.78. The highest BCUT2D eigenvalue weighted by Gasteiger charge is 2.21. The first-order valence-electron chi connectivity index (χ1n) is 4.30. The fourth-order valence-electron chi connectivity index (χ4n) is 1.49. The molecule has 1 aliphatic rings. The summed E-state index contributed by atoms with van der Waals surface area (Å²) < 4.78 is 5.47. The molecule has 1 saturated heterocycles. The molecule has 0 aromatic carbocycles. The highest BCUT2D eigenvalue weighted by molar-refractivity contribution is 6.31. The molecule has 2 N–H and O–H groups in total. The van der Waals surface area contributed by atoms with Crippen LogP contribution in [0.1, 0.15) is 24.6 Å². The smallest absolute Gasteiger partial charge is 0.101 e. The molecule has 70 valence electrons. The summed E-state index contributed by atoms with van der Waals surface area (Å²) in [6, 6.07) is 1.71. The van der Waals surface area contributed by atoms with Gasteiger partial charge in [-0.3, -0.25) is 4.98 Å². The van der Waals surface area contributed by atoms with E-state index in [2.05, 4.69) is 4.98 Å². The average molecular weight is 199 g/mol. The maximum Gasteiger partial charge on any atom is 0.101 e. The molecule has 3 nitrogen and oxygen atoms in total. The molecule has 0 aliphatic carbocycles. The maximum absolute atomic E-state index is 5.99. The summed E-state index contributed by atoms with van der Waals surface area (Å²) in [6.07, 6.45) is 3.75. The Labute approximate surface area is 81.9 Å². The Hall–Kier alpha value is -0.800. The Morgan fingerprint density at radius 3 is 3.08 bits per heavy atom. The molecule has 1 aromatic rings. The van der Waals surface area contributed by atoms with E-state index in [4.69, 9.17) is 22.1 Å². The molecule has 2 rings (SSSR count). The van der Waals surface area contributed by atoms with E-state index in [0.717, 1.165) is 25.1 Å². The van der Waals surface area contributed by atoms with Crippen molar-refractivity contribution in [1.29, 1.82) is 0 Å². The van der Waals surface area contributed by atoms with Crippen LogP contribution in [0, 0.1) is 0 Å². The SMILES string of the molecule is Nc1cnc([C@H]2CCCO2)c(Cl)c1. The molecule has 4 heteroatoms. The van der Waals surface area contributed by atoms with Crippen molar-refractivity contribution >= 4 is 17.3 Å². The third-order valence-electron chi connectivity index (χ3n) is 2.13. The fraction of sp³-hybridized carbons (Fsp3) is 0.444. The predicted octanol–water partition coefficient (Wildman–Crippen LogP) is 2.17. The number of nitrogens with zero attached hydrogens (tertiary/aromatic N) is 1. The minimum Gasteiger partial charge on any atom is -0.397 e. The summed E-state index contributed by atoms with van der Waals surface area (Å²) in [6.45, 7) is 0.799. The molecule has 0 amide bonds. The zero-order valence-corrected chi connectivity index (χ0v) is 7.92. The van der Waals surface area contributed by atoms with Crippen molar-refractivity contribution in [3.05, 3.63) is 23.0 Å². The fourth-order valence-corrected chi connectivity index (χ4v) is 1.79. The molecule has 0 saturated carbocycles. The lowest BCUT2D eigenvalue weighted by Crippen LogP contribution is -2.01. The normalized spacial score (nSPS) is 22.1. The highest BCUT2D eigenvalue weighted by atomic mass is 35.5. The van der Waals surface area contributed by atoms with Crippen molar-refractivity contribution < 1.29 is 4.74 Å². The lowest BCUT2D eigenvalue weighted by Gasteiger charge is -2.10. The number of anilines is 1. The van der Waals surface area contributed by atoms with Gasteiger partial charge in [0, 0.05) is 6.61 Å². The van der Waals surface area contributed by atoms with E-state index in [1.54, 1.807) is 12.3 Å². The number of hydrogen-bond acceptors (Lipinski definition) is 3. The van der Waals surface area contributed by atoms with E-state index in [1.165, 1.54) is 0 Å². The van der Waals surface area contributed by atoms with E-state index in [-0.39, 0.29) is 6.10 Å². The Morgan fingerprint density at radius 1 is 1.62 bits per heavy atom. The largest absolute Gasteiger partial charge is 0.397 e. The van der Waals surface area contributed by atoms with Gasteiger partial charge < -0.3 is 10.5 Å². The zero-order chi connectivity index (χ0) is 9.26. The number of nitrogens with two attached hydrogens (primary N) is 1. The third-order valence-corrected chi connectivity index (χ3v) is 2.43. The molecule has 0 spiro atoms. The monoisotopic (exact) mass is 198 g/mol. The number of aromatic nitrogens is 1. The van der Waals surface area contributed by atoms with E-state index < -0.39 is 0 Å². The van der Waals surface area contributed by atoms with Crippen molar-refractivity contribution in [2.45, 2.75) is 18.9 Å². The van der Waals surface area contributed by atoms with Crippen LogP contribution in [0.3, 0.4) is 0 Å².